The number of carboxylic acid groups (broad SMARTS) is 1. The van der Waals surface area contributed by atoms with Crippen molar-refractivity contribution < 1.29 is 14.7 Å². The lowest BCUT2D eigenvalue weighted by atomic mass is 10.1. The van der Waals surface area contributed by atoms with E-state index in [9.17, 15) is 9.59 Å². The van der Waals surface area contributed by atoms with Crippen molar-refractivity contribution in [2.75, 3.05) is 13.1 Å². The number of nitrogens with zero attached hydrogens (tertiary/aromatic N) is 1. The number of para-hydroxylation sites is 1. The fraction of sp³-hybridized carbons (Fsp3) is 0.235. The number of aromatic nitrogens is 1. The van der Waals surface area contributed by atoms with Gasteiger partial charge in [-0.15, -0.1) is 0 Å². The standard InChI is InChI=1S/C17H18N4O3/c18-9-13(17(24)20-8-6-16(22)23)10-19-7-5-12-11-21-15-4-2-1-3-14(12)15/h1-4,10-11,19,21H,5-8H2,(H,20,24)(H,22,23)/b13-10-. The second-order valence-electron chi connectivity index (χ2n) is 5.13. The van der Waals surface area contributed by atoms with E-state index >= 15 is 0 Å². The number of aliphatic carboxylic acids is 1. The van der Waals surface area contributed by atoms with Crippen LogP contribution in [0.4, 0.5) is 0 Å². The van der Waals surface area contributed by atoms with Gasteiger partial charge in [-0.1, -0.05) is 18.2 Å². The summed E-state index contributed by atoms with van der Waals surface area (Å²) in [6.45, 7) is 0.554. The van der Waals surface area contributed by atoms with E-state index in [0.717, 1.165) is 22.9 Å². The zero-order chi connectivity index (χ0) is 17.4. The topological polar surface area (TPSA) is 118 Å². The molecule has 1 amide bonds. The highest BCUT2D eigenvalue weighted by molar-refractivity contribution is 5.97. The highest BCUT2D eigenvalue weighted by Gasteiger charge is 2.09. The predicted molar refractivity (Wildman–Crippen MR) is 89.0 cm³/mol. The van der Waals surface area contributed by atoms with Crippen LogP contribution < -0.4 is 10.6 Å². The number of aromatic amines is 1. The first kappa shape index (κ1) is 17.1. The minimum Gasteiger partial charge on any atom is -0.481 e. The molecule has 0 aliphatic rings. The summed E-state index contributed by atoms with van der Waals surface area (Å²) in [5.74, 6) is -1.59. The molecule has 0 saturated carbocycles. The molecular weight excluding hydrogens is 308 g/mol. The molecule has 24 heavy (non-hydrogen) atoms. The minimum absolute atomic E-state index is 0.0114. The van der Waals surface area contributed by atoms with Crippen molar-refractivity contribution >= 4 is 22.8 Å². The Balaban J connectivity index is 1.84. The van der Waals surface area contributed by atoms with E-state index in [1.54, 1.807) is 6.07 Å². The molecule has 0 unspecified atom stereocenters. The van der Waals surface area contributed by atoms with E-state index in [0.29, 0.717) is 6.54 Å². The molecule has 0 saturated heterocycles. The highest BCUT2D eigenvalue weighted by Crippen LogP contribution is 2.17. The van der Waals surface area contributed by atoms with Crippen LogP contribution in [0, 0.1) is 11.3 Å². The fourth-order valence-electron chi connectivity index (χ4n) is 2.25. The Morgan fingerprint density at radius 2 is 2.08 bits per heavy atom. The number of nitrogens with one attached hydrogen (secondary N) is 3. The van der Waals surface area contributed by atoms with Crippen LogP contribution in [-0.2, 0) is 16.0 Å². The molecule has 1 heterocycles. The van der Waals surface area contributed by atoms with Gasteiger partial charge in [0.2, 0.25) is 0 Å². The lowest BCUT2D eigenvalue weighted by Crippen LogP contribution is -2.28. The van der Waals surface area contributed by atoms with Crippen molar-refractivity contribution in [1.82, 2.24) is 15.6 Å². The zero-order valence-corrected chi connectivity index (χ0v) is 13.0. The van der Waals surface area contributed by atoms with Gasteiger partial charge in [-0.25, -0.2) is 0 Å². The van der Waals surface area contributed by atoms with Crippen molar-refractivity contribution in [1.29, 1.82) is 5.26 Å². The molecule has 7 nitrogen and oxygen atoms in total. The van der Waals surface area contributed by atoms with E-state index in [2.05, 4.69) is 15.6 Å². The fourth-order valence-corrected chi connectivity index (χ4v) is 2.25. The Morgan fingerprint density at radius 1 is 1.29 bits per heavy atom. The summed E-state index contributed by atoms with van der Waals surface area (Å²) < 4.78 is 0. The monoisotopic (exact) mass is 326 g/mol. The SMILES string of the molecule is N#C/C(=C/NCCc1c[nH]c2ccccc12)C(=O)NCCC(=O)O. The summed E-state index contributed by atoms with van der Waals surface area (Å²) in [6.07, 6.45) is 3.85. The largest absolute Gasteiger partial charge is 0.481 e. The minimum atomic E-state index is -1.00. The molecule has 0 atom stereocenters. The highest BCUT2D eigenvalue weighted by atomic mass is 16.4. The molecular formula is C17H18N4O3. The number of H-pyrrole nitrogens is 1. The molecule has 1 aromatic heterocycles. The summed E-state index contributed by atoms with van der Waals surface area (Å²) in [6, 6.07) is 9.77. The lowest BCUT2D eigenvalue weighted by Gasteiger charge is -2.04. The van der Waals surface area contributed by atoms with Gasteiger partial charge in [0.25, 0.3) is 5.91 Å². The normalized spacial score (nSPS) is 11.0. The van der Waals surface area contributed by atoms with Gasteiger partial charge >= 0.3 is 5.97 Å². The van der Waals surface area contributed by atoms with Gasteiger partial charge in [-0.05, 0) is 18.1 Å². The number of hydrogen-bond donors (Lipinski definition) is 4. The number of carbonyl (C=O) groups is 2. The summed E-state index contributed by atoms with van der Waals surface area (Å²) in [5.41, 5.74) is 2.13. The maximum Gasteiger partial charge on any atom is 0.305 e. The Kier molecular flexibility index (Phi) is 5.97. The van der Waals surface area contributed by atoms with Gasteiger partial charge in [-0.3, -0.25) is 9.59 Å². The second-order valence-corrected chi connectivity index (χ2v) is 5.13. The van der Waals surface area contributed by atoms with Crippen LogP contribution in [0.15, 0.2) is 42.2 Å². The third-order valence-electron chi connectivity index (χ3n) is 3.45. The van der Waals surface area contributed by atoms with Crippen LogP contribution in [0.5, 0.6) is 0 Å². The number of rotatable bonds is 8. The molecule has 4 N–H and O–H groups in total. The van der Waals surface area contributed by atoms with Crippen LogP contribution in [0.25, 0.3) is 10.9 Å². The van der Waals surface area contributed by atoms with Crippen molar-refractivity contribution in [2.45, 2.75) is 12.8 Å². The number of hydrogen-bond acceptors (Lipinski definition) is 4. The van der Waals surface area contributed by atoms with Crippen LogP contribution in [0.1, 0.15) is 12.0 Å². The predicted octanol–water partition coefficient (Wildman–Crippen LogP) is 1.30. The number of carbonyl (C=O) groups excluding carboxylic acids is 1. The first-order chi connectivity index (χ1) is 11.6. The number of carboxylic acids is 1. The molecule has 2 aromatic rings. The van der Waals surface area contributed by atoms with Crippen LogP contribution >= 0.6 is 0 Å². The van der Waals surface area contributed by atoms with Crippen molar-refractivity contribution in [2.24, 2.45) is 0 Å². The van der Waals surface area contributed by atoms with E-state index < -0.39 is 11.9 Å². The molecule has 0 aliphatic heterocycles. The molecule has 1 aromatic carbocycles. The van der Waals surface area contributed by atoms with Gasteiger partial charge in [0, 0.05) is 36.4 Å². The number of benzene rings is 1. The Bertz CT molecular complexity index is 802. The molecule has 7 heteroatoms. The first-order valence-corrected chi connectivity index (χ1v) is 7.50. The third kappa shape index (κ3) is 4.61. The smallest absolute Gasteiger partial charge is 0.305 e. The van der Waals surface area contributed by atoms with E-state index in [4.69, 9.17) is 10.4 Å². The Labute approximate surface area is 139 Å². The van der Waals surface area contributed by atoms with Gasteiger partial charge in [0.05, 0.1) is 6.42 Å². The first-order valence-electron chi connectivity index (χ1n) is 7.50. The van der Waals surface area contributed by atoms with E-state index in [1.807, 2.05) is 30.5 Å². The van der Waals surface area contributed by atoms with Crippen LogP contribution in [0.3, 0.4) is 0 Å². The van der Waals surface area contributed by atoms with Crippen LogP contribution in [-0.4, -0.2) is 35.1 Å². The molecule has 2 rings (SSSR count). The van der Waals surface area contributed by atoms with Gasteiger partial charge in [-0.2, -0.15) is 5.26 Å². The maximum absolute atomic E-state index is 11.7. The van der Waals surface area contributed by atoms with Crippen molar-refractivity contribution in [3.8, 4) is 6.07 Å². The summed E-state index contributed by atoms with van der Waals surface area (Å²) >= 11 is 0. The van der Waals surface area contributed by atoms with E-state index in [1.165, 1.54) is 6.20 Å². The zero-order valence-electron chi connectivity index (χ0n) is 13.0. The summed E-state index contributed by atoms with van der Waals surface area (Å²) in [7, 11) is 0. The van der Waals surface area contributed by atoms with Crippen molar-refractivity contribution in [3.05, 3.63) is 47.8 Å². The number of fused-ring (bicyclic) bond motifs is 1. The molecule has 0 aliphatic carbocycles. The lowest BCUT2D eigenvalue weighted by molar-refractivity contribution is -0.136. The summed E-state index contributed by atoms with van der Waals surface area (Å²) in [5, 5.41) is 24.0. The third-order valence-corrected chi connectivity index (χ3v) is 3.45. The Morgan fingerprint density at radius 3 is 2.83 bits per heavy atom. The molecule has 124 valence electrons. The molecule has 0 spiro atoms. The molecule has 0 radical (unpaired) electrons. The molecule has 0 fully saturated rings. The summed E-state index contributed by atoms with van der Waals surface area (Å²) in [4.78, 5) is 25.3. The Hall–Kier alpha value is -3.27. The van der Waals surface area contributed by atoms with E-state index in [-0.39, 0.29) is 18.5 Å². The van der Waals surface area contributed by atoms with Crippen LogP contribution in [0.2, 0.25) is 0 Å². The quantitative estimate of drug-likeness (QED) is 0.331. The van der Waals surface area contributed by atoms with Gasteiger partial charge in [0.1, 0.15) is 11.6 Å². The molecule has 0 bridgehead atoms. The van der Waals surface area contributed by atoms with Gasteiger partial charge in [0.15, 0.2) is 0 Å². The van der Waals surface area contributed by atoms with Gasteiger partial charge < -0.3 is 20.7 Å². The number of nitriles is 1. The average molecular weight is 326 g/mol. The average Bonchev–Trinajstić information content (AvgIpc) is 2.98. The number of amides is 1. The maximum atomic E-state index is 11.7. The van der Waals surface area contributed by atoms with Crippen molar-refractivity contribution in [3.63, 3.8) is 0 Å². The second kappa shape index (κ2) is 8.39.